The molecule has 0 aliphatic carbocycles. The van der Waals surface area contributed by atoms with Crippen LogP contribution in [0.3, 0.4) is 0 Å². The predicted molar refractivity (Wildman–Crippen MR) is 97.6 cm³/mol. The fraction of sp³-hybridized carbons (Fsp3) is 0.500. The lowest BCUT2D eigenvalue weighted by Crippen LogP contribution is -2.51. The third-order valence-corrected chi connectivity index (χ3v) is 4.87. The second kappa shape index (κ2) is 7.38. The third kappa shape index (κ3) is 4.18. The number of hydrogen-bond acceptors (Lipinski definition) is 3. The Balaban J connectivity index is 1.90. The number of aryl methyl sites for hydroxylation is 1. The topological polar surface area (TPSA) is 47.4 Å². The molecule has 1 amide bonds. The van der Waals surface area contributed by atoms with Crippen molar-refractivity contribution < 1.29 is 18.3 Å². The fourth-order valence-corrected chi connectivity index (χ4v) is 3.21. The van der Waals surface area contributed by atoms with Gasteiger partial charge in [0.1, 0.15) is 17.5 Å². The molecule has 7 heteroatoms. The van der Waals surface area contributed by atoms with Crippen LogP contribution in [0.5, 0.6) is 0 Å². The molecule has 2 atom stereocenters. The Labute approximate surface area is 157 Å². The van der Waals surface area contributed by atoms with Gasteiger partial charge in [0.2, 0.25) is 0 Å². The zero-order valence-corrected chi connectivity index (χ0v) is 16.0. The van der Waals surface area contributed by atoms with Gasteiger partial charge in [-0.1, -0.05) is 51.1 Å². The number of amides is 1. The predicted octanol–water partition coefficient (Wildman–Crippen LogP) is 3.99. The van der Waals surface area contributed by atoms with Crippen molar-refractivity contribution in [2.75, 3.05) is 13.1 Å². The molecule has 2 heterocycles. The van der Waals surface area contributed by atoms with E-state index in [1.54, 1.807) is 4.90 Å². The van der Waals surface area contributed by atoms with Crippen LogP contribution in [0.25, 0.3) is 0 Å². The normalized spacial score (nSPS) is 20.9. The lowest BCUT2D eigenvalue weighted by molar-refractivity contribution is -0.119. The van der Waals surface area contributed by atoms with E-state index in [0.29, 0.717) is 13.1 Å². The van der Waals surface area contributed by atoms with Crippen LogP contribution >= 0.6 is 0 Å². The van der Waals surface area contributed by atoms with Crippen LogP contribution in [0, 0.1) is 5.41 Å². The molecule has 3 rings (SSSR count). The Morgan fingerprint density at radius 1 is 1.22 bits per heavy atom. The minimum atomic E-state index is -2.71. The molecule has 2 aromatic rings. The number of hydrogen-bond donors (Lipinski definition) is 0. The van der Waals surface area contributed by atoms with E-state index in [9.17, 15) is 13.6 Å². The number of alkyl halides is 2. The molecule has 1 aromatic heterocycles. The smallest absolute Gasteiger partial charge is 0.282 e. The molecule has 0 unspecified atom stereocenters. The van der Waals surface area contributed by atoms with E-state index < -0.39 is 6.43 Å². The van der Waals surface area contributed by atoms with Crippen molar-refractivity contribution in [3.05, 3.63) is 53.3 Å². The molecule has 1 aliphatic rings. The van der Waals surface area contributed by atoms with Crippen LogP contribution in [0.1, 0.15) is 55.0 Å². The molecule has 5 nitrogen and oxygen atoms in total. The monoisotopic (exact) mass is 377 g/mol. The highest BCUT2D eigenvalue weighted by molar-refractivity contribution is 5.92. The summed E-state index contributed by atoms with van der Waals surface area (Å²) in [7, 11) is 1.51. The molecule has 1 aliphatic heterocycles. The van der Waals surface area contributed by atoms with Crippen LogP contribution < -0.4 is 0 Å². The van der Waals surface area contributed by atoms with Gasteiger partial charge in [-0.05, 0) is 17.0 Å². The summed E-state index contributed by atoms with van der Waals surface area (Å²) in [4.78, 5) is 14.8. The van der Waals surface area contributed by atoms with Gasteiger partial charge < -0.3 is 9.64 Å². The van der Waals surface area contributed by atoms with Gasteiger partial charge in [0.05, 0.1) is 12.6 Å². The van der Waals surface area contributed by atoms with Crippen molar-refractivity contribution in [2.45, 2.75) is 39.4 Å². The zero-order chi connectivity index (χ0) is 19.8. The van der Waals surface area contributed by atoms with Crippen molar-refractivity contribution in [3.8, 4) is 0 Å². The first-order valence-corrected chi connectivity index (χ1v) is 8.98. The molecule has 0 saturated carbocycles. The summed E-state index contributed by atoms with van der Waals surface area (Å²) in [5.41, 5.74) is 0.585. The molecule has 0 bridgehead atoms. The Bertz CT molecular complexity index is 799. The summed E-state index contributed by atoms with van der Waals surface area (Å²) in [5.74, 6) is -0.310. The number of aromatic nitrogens is 2. The summed E-state index contributed by atoms with van der Waals surface area (Å²) < 4.78 is 33.4. The van der Waals surface area contributed by atoms with E-state index in [-0.39, 0.29) is 34.9 Å². The van der Waals surface area contributed by atoms with Gasteiger partial charge in [0.25, 0.3) is 12.3 Å². The number of benzene rings is 1. The van der Waals surface area contributed by atoms with Gasteiger partial charge in [-0.3, -0.25) is 9.48 Å². The number of morpholine rings is 1. The van der Waals surface area contributed by atoms with E-state index in [1.807, 2.05) is 30.3 Å². The Hall–Kier alpha value is -2.28. The summed E-state index contributed by atoms with van der Waals surface area (Å²) in [6.45, 7) is 6.96. The molecule has 1 saturated heterocycles. The van der Waals surface area contributed by atoms with Crippen molar-refractivity contribution in [2.24, 2.45) is 12.5 Å². The van der Waals surface area contributed by atoms with Crippen molar-refractivity contribution >= 4 is 5.91 Å². The minimum absolute atomic E-state index is 0.159. The van der Waals surface area contributed by atoms with Crippen LogP contribution in [0.15, 0.2) is 36.4 Å². The second-order valence-electron chi connectivity index (χ2n) is 7.98. The largest absolute Gasteiger partial charge is 0.366 e. The molecule has 27 heavy (non-hydrogen) atoms. The molecule has 0 N–H and O–H groups in total. The number of ether oxygens (including phenoxy) is 1. The second-order valence-corrected chi connectivity index (χ2v) is 7.98. The van der Waals surface area contributed by atoms with Crippen molar-refractivity contribution in [3.63, 3.8) is 0 Å². The van der Waals surface area contributed by atoms with Gasteiger partial charge in [0.15, 0.2) is 0 Å². The van der Waals surface area contributed by atoms with Crippen LogP contribution in [-0.2, 0) is 11.8 Å². The first-order chi connectivity index (χ1) is 12.7. The summed E-state index contributed by atoms with van der Waals surface area (Å²) in [5, 5.41) is 3.76. The van der Waals surface area contributed by atoms with Gasteiger partial charge in [-0.2, -0.15) is 5.10 Å². The van der Waals surface area contributed by atoms with Gasteiger partial charge in [-0.15, -0.1) is 0 Å². The van der Waals surface area contributed by atoms with Gasteiger partial charge in [-0.25, -0.2) is 8.78 Å². The number of carbonyl (C=O) groups is 1. The quantitative estimate of drug-likeness (QED) is 0.813. The summed E-state index contributed by atoms with van der Waals surface area (Å²) in [6, 6.07) is 10.9. The number of nitrogens with zero attached hydrogens (tertiary/aromatic N) is 3. The van der Waals surface area contributed by atoms with E-state index in [4.69, 9.17) is 4.74 Å². The number of carbonyl (C=O) groups excluding carboxylic acids is 1. The maximum absolute atomic E-state index is 13.1. The average Bonchev–Trinajstić information content (AvgIpc) is 3.03. The van der Waals surface area contributed by atoms with Crippen LogP contribution in [0.4, 0.5) is 8.78 Å². The van der Waals surface area contributed by atoms with Crippen molar-refractivity contribution in [1.29, 1.82) is 0 Å². The summed E-state index contributed by atoms with van der Waals surface area (Å²) >= 11 is 0. The molecule has 0 spiro atoms. The van der Waals surface area contributed by atoms with Gasteiger partial charge in [0, 0.05) is 13.6 Å². The lowest BCUT2D eigenvalue weighted by Gasteiger charge is -2.43. The minimum Gasteiger partial charge on any atom is -0.366 e. The maximum atomic E-state index is 13.1. The SMILES string of the molecule is Cn1nc(C(F)F)cc1C(=O)N1C[C@@H](c2ccccc2)O[C@@H](C(C)(C)C)C1. The number of rotatable bonds is 3. The zero-order valence-electron chi connectivity index (χ0n) is 16.0. The lowest BCUT2D eigenvalue weighted by atomic mass is 9.87. The molecule has 1 fully saturated rings. The van der Waals surface area contributed by atoms with E-state index >= 15 is 0 Å². The Morgan fingerprint density at radius 2 is 1.89 bits per heavy atom. The van der Waals surface area contributed by atoms with Crippen LogP contribution in [-0.4, -0.2) is 39.8 Å². The fourth-order valence-electron chi connectivity index (χ4n) is 3.21. The molecular formula is C20H25F2N3O2. The Morgan fingerprint density at radius 3 is 2.44 bits per heavy atom. The highest BCUT2D eigenvalue weighted by Crippen LogP contribution is 2.34. The van der Waals surface area contributed by atoms with E-state index in [2.05, 4.69) is 25.9 Å². The summed E-state index contributed by atoms with van der Waals surface area (Å²) in [6.07, 6.45) is -3.15. The third-order valence-electron chi connectivity index (χ3n) is 4.87. The number of halogens is 2. The van der Waals surface area contributed by atoms with E-state index in [0.717, 1.165) is 5.56 Å². The molecular weight excluding hydrogens is 352 g/mol. The first kappa shape index (κ1) is 19.5. The maximum Gasteiger partial charge on any atom is 0.282 e. The molecule has 146 valence electrons. The first-order valence-electron chi connectivity index (χ1n) is 8.98. The molecule has 1 aromatic carbocycles. The van der Waals surface area contributed by atoms with Crippen LogP contribution in [0.2, 0.25) is 0 Å². The average molecular weight is 377 g/mol. The van der Waals surface area contributed by atoms with Gasteiger partial charge >= 0.3 is 0 Å². The highest BCUT2D eigenvalue weighted by atomic mass is 19.3. The standard InChI is InChI=1S/C20H25F2N3O2/c1-20(2,3)17-12-25(11-16(27-17)13-8-6-5-7-9-13)19(26)15-10-14(18(21)22)23-24(15)4/h5-10,16-18H,11-12H2,1-4H3/t16-,17+/m0/s1. The molecule has 0 radical (unpaired) electrons. The van der Waals surface area contributed by atoms with E-state index in [1.165, 1.54) is 17.8 Å². The van der Waals surface area contributed by atoms with Crippen molar-refractivity contribution in [1.82, 2.24) is 14.7 Å². The highest BCUT2D eigenvalue weighted by Gasteiger charge is 2.38. The Kier molecular flexibility index (Phi) is 5.33.